The molecule has 1 aliphatic rings. The van der Waals surface area contributed by atoms with Crippen LogP contribution in [0.15, 0.2) is 28.2 Å². The molecular formula is C16H19N5O5S. The van der Waals surface area contributed by atoms with Crippen LogP contribution < -0.4 is 25.8 Å². The fourth-order valence-corrected chi connectivity index (χ4v) is 3.13. The van der Waals surface area contributed by atoms with E-state index in [1.807, 2.05) is 6.92 Å². The Hall–Kier alpha value is -2.95. The van der Waals surface area contributed by atoms with Gasteiger partial charge in [-0.3, -0.25) is 14.7 Å². The Kier molecular flexibility index (Phi) is 6.01. The number of anilines is 1. The van der Waals surface area contributed by atoms with Crippen LogP contribution in [0.3, 0.4) is 0 Å². The highest BCUT2D eigenvalue weighted by atomic mass is 32.2. The molecule has 0 saturated carbocycles. The second kappa shape index (κ2) is 8.62. The van der Waals surface area contributed by atoms with E-state index in [1.165, 1.54) is 4.57 Å². The van der Waals surface area contributed by atoms with Gasteiger partial charge in [0.05, 0.1) is 5.75 Å². The molecule has 27 heavy (non-hydrogen) atoms. The number of nitrogens with one attached hydrogen (secondary N) is 3. The fourth-order valence-electron chi connectivity index (χ4n) is 2.36. The lowest BCUT2D eigenvalue weighted by molar-refractivity contribution is -0.117. The molecule has 1 aromatic carbocycles. The molecule has 0 atom stereocenters. The van der Waals surface area contributed by atoms with E-state index >= 15 is 0 Å². The first-order valence-corrected chi connectivity index (χ1v) is 9.34. The highest BCUT2D eigenvalue weighted by molar-refractivity contribution is 7.99. The maximum Gasteiger partial charge on any atom is 0.343 e. The van der Waals surface area contributed by atoms with E-state index in [9.17, 15) is 14.4 Å². The number of carbonyl (C=O) groups is 2. The molecule has 1 aromatic heterocycles. The van der Waals surface area contributed by atoms with Crippen molar-refractivity contribution in [2.24, 2.45) is 0 Å². The van der Waals surface area contributed by atoms with Crippen molar-refractivity contribution in [3.63, 3.8) is 0 Å². The maximum absolute atomic E-state index is 12.0. The lowest BCUT2D eigenvalue weighted by Gasteiger charge is -2.07. The van der Waals surface area contributed by atoms with Crippen molar-refractivity contribution in [3.8, 4) is 11.5 Å². The van der Waals surface area contributed by atoms with Crippen LogP contribution in [0, 0.1) is 0 Å². The van der Waals surface area contributed by atoms with Crippen molar-refractivity contribution >= 4 is 29.4 Å². The minimum absolute atomic E-state index is 0.0506. The summed E-state index contributed by atoms with van der Waals surface area (Å²) >= 11 is 1.08. The van der Waals surface area contributed by atoms with Gasteiger partial charge in [0.25, 0.3) is 0 Å². The third-order valence-electron chi connectivity index (χ3n) is 3.67. The summed E-state index contributed by atoms with van der Waals surface area (Å²) in [5.41, 5.74) is 0.157. The van der Waals surface area contributed by atoms with Crippen LogP contribution in [0.2, 0.25) is 0 Å². The number of rotatable bonds is 7. The summed E-state index contributed by atoms with van der Waals surface area (Å²) in [6, 6.07) is 4.26. The smallest absolute Gasteiger partial charge is 0.343 e. The van der Waals surface area contributed by atoms with Crippen molar-refractivity contribution in [1.29, 1.82) is 0 Å². The number of urea groups is 1. The molecule has 2 heterocycles. The standard InChI is InChI=1S/C16H19N5O5S/c1-2-3-6-21-15(24)19-20-16(21)27-8-13(22)18-14(23)17-10-4-5-11-12(7-10)26-9-25-11/h4-5,7H,2-3,6,8-9H2,1H3,(H,19,24)(H2,17,18,22,23). The first-order chi connectivity index (χ1) is 13.1. The molecule has 0 fully saturated rings. The maximum atomic E-state index is 12.0. The number of H-pyrrole nitrogens is 1. The van der Waals surface area contributed by atoms with Gasteiger partial charge in [-0.1, -0.05) is 25.1 Å². The number of hydrogen-bond donors (Lipinski definition) is 3. The zero-order chi connectivity index (χ0) is 19.2. The minimum atomic E-state index is -0.662. The summed E-state index contributed by atoms with van der Waals surface area (Å²) in [4.78, 5) is 35.6. The number of thioether (sulfide) groups is 1. The van der Waals surface area contributed by atoms with E-state index in [-0.39, 0.29) is 18.2 Å². The molecule has 3 amide bonds. The fraction of sp³-hybridized carbons (Fsp3) is 0.375. The quantitative estimate of drug-likeness (QED) is 0.609. The number of hydrogen-bond acceptors (Lipinski definition) is 7. The molecule has 1 aliphatic heterocycles. The van der Waals surface area contributed by atoms with Crippen LogP contribution in [-0.2, 0) is 11.3 Å². The second-order valence-corrected chi connectivity index (χ2v) is 6.62. The normalized spacial score (nSPS) is 12.0. The third kappa shape index (κ3) is 4.82. The van der Waals surface area contributed by atoms with E-state index in [0.29, 0.717) is 28.9 Å². The van der Waals surface area contributed by atoms with Gasteiger partial charge < -0.3 is 14.8 Å². The minimum Gasteiger partial charge on any atom is -0.454 e. The van der Waals surface area contributed by atoms with Crippen molar-refractivity contribution in [2.45, 2.75) is 31.5 Å². The van der Waals surface area contributed by atoms with Crippen LogP contribution in [0.5, 0.6) is 11.5 Å². The lowest BCUT2D eigenvalue weighted by atomic mass is 10.3. The van der Waals surface area contributed by atoms with E-state index in [4.69, 9.17) is 9.47 Å². The first-order valence-electron chi connectivity index (χ1n) is 8.35. The summed E-state index contributed by atoms with van der Waals surface area (Å²) in [6.45, 7) is 2.68. The summed E-state index contributed by atoms with van der Waals surface area (Å²) in [5, 5.41) is 11.5. The summed E-state index contributed by atoms with van der Waals surface area (Å²) in [7, 11) is 0. The molecule has 144 valence electrons. The Morgan fingerprint density at radius 2 is 2.15 bits per heavy atom. The third-order valence-corrected chi connectivity index (χ3v) is 4.65. The van der Waals surface area contributed by atoms with E-state index in [1.54, 1.807) is 18.2 Å². The predicted octanol–water partition coefficient (Wildman–Crippen LogP) is 1.54. The number of unbranched alkanes of at least 4 members (excludes halogenated alkanes) is 1. The number of nitrogens with zero attached hydrogens (tertiary/aromatic N) is 2. The van der Waals surface area contributed by atoms with E-state index in [0.717, 1.165) is 24.6 Å². The molecule has 0 bridgehead atoms. The zero-order valence-electron chi connectivity index (χ0n) is 14.6. The number of amides is 3. The molecule has 0 saturated heterocycles. The summed E-state index contributed by atoms with van der Waals surface area (Å²) < 4.78 is 11.9. The van der Waals surface area contributed by atoms with Gasteiger partial charge in [0.15, 0.2) is 16.7 Å². The Morgan fingerprint density at radius 3 is 2.96 bits per heavy atom. The topological polar surface area (TPSA) is 127 Å². The number of carbonyl (C=O) groups excluding carboxylic acids is 2. The summed E-state index contributed by atoms with van der Waals surface area (Å²) in [5.74, 6) is 0.570. The second-order valence-electron chi connectivity index (χ2n) is 5.68. The number of ether oxygens (including phenoxy) is 2. The average molecular weight is 393 g/mol. The molecule has 10 nitrogen and oxygen atoms in total. The van der Waals surface area contributed by atoms with Crippen LogP contribution in [0.4, 0.5) is 10.5 Å². The molecule has 0 aliphatic carbocycles. The van der Waals surface area contributed by atoms with E-state index in [2.05, 4.69) is 20.8 Å². The van der Waals surface area contributed by atoms with Crippen LogP contribution in [0.25, 0.3) is 0 Å². The molecule has 0 unspecified atom stereocenters. The molecule has 2 aromatic rings. The van der Waals surface area contributed by atoms with Gasteiger partial charge in [-0.2, -0.15) is 0 Å². The van der Waals surface area contributed by atoms with Crippen molar-refractivity contribution in [3.05, 3.63) is 28.7 Å². The van der Waals surface area contributed by atoms with Gasteiger partial charge in [-0.05, 0) is 18.6 Å². The van der Waals surface area contributed by atoms with E-state index < -0.39 is 11.9 Å². The molecular weight excluding hydrogens is 374 g/mol. The largest absolute Gasteiger partial charge is 0.454 e. The molecule has 3 rings (SSSR count). The monoisotopic (exact) mass is 393 g/mol. The van der Waals surface area contributed by atoms with Gasteiger partial charge in [-0.25, -0.2) is 14.7 Å². The SMILES string of the molecule is CCCCn1c(SCC(=O)NC(=O)Nc2ccc3c(c2)OCO3)n[nH]c1=O. The highest BCUT2D eigenvalue weighted by Crippen LogP contribution is 2.34. The number of aromatic nitrogens is 3. The Morgan fingerprint density at radius 1 is 1.33 bits per heavy atom. The Labute approximate surface area is 158 Å². The van der Waals surface area contributed by atoms with Crippen molar-refractivity contribution < 1.29 is 19.1 Å². The van der Waals surface area contributed by atoms with Gasteiger partial charge in [0.2, 0.25) is 12.7 Å². The highest BCUT2D eigenvalue weighted by Gasteiger charge is 2.16. The molecule has 0 spiro atoms. The number of fused-ring (bicyclic) bond motifs is 1. The van der Waals surface area contributed by atoms with Crippen molar-refractivity contribution in [1.82, 2.24) is 20.1 Å². The van der Waals surface area contributed by atoms with Crippen LogP contribution in [0.1, 0.15) is 19.8 Å². The molecule has 0 radical (unpaired) electrons. The Bertz CT molecular complexity index is 894. The number of imide groups is 1. The number of aromatic amines is 1. The van der Waals surface area contributed by atoms with Gasteiger partial charge in [0, 0.05) is 18.3 Å². The van der Waals surface area contributed by atoms with Gasteiger partial charge in [-0.15, -0.1) is 5.10 Å². The number of benzene rings is 1. The first kappa shape index (κ1) is 18.8. The van der Waals surface area contributed by atoms with Crippen molar-refractivity contribution in [2.75, 3.05) is 17.9 Å². The van der Waals surface area contributed by atoms with Gasteiger partial charge in [0.1, 0.15) is 0 Å². The van der Waals surface area contributed by atoms with Crippen LogP contribution in [-0.4, -0.2) is 39.2 Å². The zero-order valence-corrected chi connectivity index (χ0v) is 15.4. The van der Waals surface area contributed by atoms with Crippen LogP contribution >= 0.6 is 11.8 Å². The lowest BCUT2D eigenvalue weighted by Crippen LogP contribution is -2.35. The molecule has 3 N–H and O–H groups in total. The van der Waals surface area contributed by atoms with Gasteiger partial charge >= 0.3 is 11.7 Å². The summed E-state index contributed by atoms with van der Waals surface area (Å²) in [6.07, 6.45) is 1.76. The molecule has 11 heteroatoms. The Balaban J connectivity index is 1.49. The average Bonchev–Trinajstić information content (AvgIpc) is 3.24. The predicted molar refractivity (Wildman–Crippen MR) is 98.2 cm³/mol.